The number of thioether (sulfide) groups is 2. The molecule has 4 aliphatic heterocycles. The summed E-state index contributed by atoms with van der Waals surface area (Å²) in [6.07, 6.45) is 1.60. The van der Waals surface area contributed by atoms with Crippen LogP contribution in [0, 0.1) is 35.0 Å². The molecule has 2 bridgehead atoms. The highest BCUT2D eigenvalue weighted by molar-refractivity contribution is 7.98. The van der Waals surface area contributed by atoms with Crippen LogP contribution in [0.1, 0.15) is 183 Å². The molecule has 4 unspecified atom stereocenters. The number of benzene rings is 1. The predicted octanol–water partition coefficient (Wildman–Crippen LogP) is -0.636. The third kappa shape index (κ3) is 26.0. The fraction of sp³-hybridized carbons (Fsp3) is 0.753. The molecule has 1 aromatic carbocycles. The Bertz CT molecular complexity index is 3210. The summed E-state index contributed by atoms with van der Waals surface area (Å²) in [7, 11) is 0. The van der Waals surface area contributed by atoms with Gasteiger partial charge in [0.1, 0.15) is 59.4 Å². The minimum Gasteiger partial charge on any atom is -0.481 e. The zero-order chi connectivity index (χ0) is 77.8. The van der Waals surface area contributed by atoms with Crippen LogP contribution < -0.4 is 80.2 Å². The topological polar surface area (TPSA) is 480 Å². The molecule has 20 N–H and O–H groups in total. The molecule has 594 valence electrons. The molecule has 11 amide bonds. The van der Waals surface area contributed by atoms with Gasteiger partial charge in [0.25, 0.3) is 0 Å². The number of nitrogens with one attached hydrogen (secondary N) is 14. The van der Waals surface area contributed by atoms with Gasteiger partial charge in [-0.1, -0.05) is 58.9 Å². The molecule has 6 aliphatic rings. The van der Waals surface area contributed by atoms with Gasteiger partial charge in [-0.25, -0.2) is 0 Å². The number of fused-ring (bicyclic) bond motifs is 3. The molecule has 2 saturated carbocycles. The van der Waals surface area contributed by atoms with Crippen molar-refractivity contribution in [3.8, 4) is 0 Å². The van der Waals surface area contributed by atoms with Gasteiger partial charge in [0.05, 0.1) is 24.5 Å². The van der Waals surface area contributed by atoms with E-state index in [4.69, 9.17) is 5.73 Å². The molecular formula is C73H119N15O16S2. The fourth-order valence-electron chi connectivity index (χ4n) is 14.7. The number of rotatable bonds is 14. The number of hydrogen-bond donors (Lipinski definition) is 19. The second-order valence-electron chi connectivity index (χ2n) is 32.1. The van der Waals surface area contributed by atoms with Crippen molar-refractivity contribution in [2.24, 2.45) is 40.7 Å². The number of carboxylic acid groups (broad SMARTS) is 1. The number of piperidine rings is 1. The number of amides is 11. The molecule has 1 aromatic rings. The van der Waals surface area contributed by atoms with E-state index in [2.05, 4.69) is 74.4 Å². The maximum atomic E-state index is 15.3. The summed E-state index contributed by atoms with van der Waals surface area (Å²) in [5.41, 5.74) is 2.93. The largest absolute Gasteiger partial charge is 0.481 e. The highest BCUT2D eigenvalue weighted by atomic mass is 32.2. The number of primary amides is 1. The van der Waals surface area contributed by atoms with Crippen molar-refractivity contribution in [3.63, 3.8) is 0 Å². The van der Waals surface area contributed by atoms with Crippen molar-refractivity contribution < 1.29 is 78.0 Å². The van der Waals surface area contributed by atoms with Crippen molar-refractivity contribution >= 4 is 94.5 Å². The molecule has 2 aliphatic carbocycles. The molecule has 0 aromatic heterocycles. The van der Waals surface area contributed by atoms with Crippen LogP contribution in [-0.4, -0.2) is 219 Å². The summed E-state index contributed by atoms with van der Waals surface area (Å²) in [4.78, 5) is 173. The van der Waals surface area contributed by atoms with E-state index in [0.717, 1.165) is 30.5 Å². The van der Waals surface area contributed by atoms with Gasteiger partial charge in [-0.3, -0.25) is 57.5 Å². The fourth-order valence-corrected chi connectivity index (χ4v) is 16.6. The molecule has 7 rings (SSSR count). The monoisotopic (exact) mass is 1530 g/mol. The SMILES string of the molecule is CC(C)[C@]1(C)NC(=O)[C@H](CC2CCC(O)CC2)NC(=O)[C@H](CCC(=O)O)NC(=O)C(C)(C)NC(=O)[C@H](CC2CNC3NCCCC23)NC(=O)[C@H](CC2CNCN2)NC(=O)[C@H](CC2CCC(O)CC2)NC(=O)[C@H](C(C)(C)C)NC(=O)CCSCc2cccc(c2)CSC[C@@H](C(N)=O)NC(=O)[C@H]([C@@H](C)O)NC1=O. The van der Waals surface area contributed by atoms with Gasteiger partial charge in [0.2, 0.25) is 65.0 Å². The van der Waals surface area contributed by atoms with E-state index in [1.807, 2.05) is 24.3 Å². The van der Waals surface area contributed by atoms with E-state index in [9.17, 15) is 63.6 Å². The summed E-state index contributed by atoms with van der Waals surface area (Å²) in [6, 6.07) is -3.89. The lowest BCUT2D eigenvalue weighted by molar-refractivity contribution is -0.141. The first-order chi connectivity index (χ1) is 50.0. The molecule has 14 atom stereocenters. The Morgan fingerprint density at radius 1 is 0.613 bits per heavy atom. The van der Waals surface area contributed by atoms with Crippen molar-refractivity contribution in [1.29, 1.82) is 0 Å². The van der Waals surface area contributed by atoms with Crippen LogP contribution in [0.25, 0.3) is 0 Å². The molecule has 33 heteroatoms. The molecule has 0 spiro atoms. The van der Waals surface area contributed by atoms with Gasteiger partial charge in [-0.15, -0.1) is 0 Å². The average molecular weight is 1530 g/mol. The van der Waals surface area contributed by atoms with E-state index in [1.165, 1.54) is 51.2 Å². The van der Waals surface area contributed by atoms with Crippen molar-refractivity contribution in [3.05, 3.63) is 35.4 Å². The second kappa shape index (κ2) is 40.1. The number of carbonyl (C=O) groups is 12. The summed E-state index contributed by atoms with van der Waals surface area (Å²) in [6.45, 7) is 16.0. The Labute approximate surface area is 630 Å². The Balaban J connectivity index is 1.23. The molecule has 3 saturated heterocycles. The van der Waals surface area contributed by atoms with Gasteiger partial charge >= 0.3 is 5.97 Å². The van der Waals surface area contributed by atoms with E-state index in [-0.39, 0.29) is 73.7 Å². The molecular weight excluding hydrogens is 1410 g/mol. The van der Waals surface area contributed by atoms with Gasteiger partial charge in [-0.05, 0) is 183 Å². The Morgan fingerprint density at radius 3 is 1.73 bits per heavy atom. The Hall–Kier alpha value is -6.72. The summed E-state index contributed by atoms with van der Waals surface area (Å²) < 4.78 is 0. The van der Waals surface area contributed by atoms with Crippen LogP contribution in [0.5, 0.6) is 0 Å². The standard InChI is InChI=1S/C73H119N15O16S2/c1-39(2)73(9)70(104)86-58(40(3)89)67(101)83-55(60(74)95)37-106-36-44-13-10-12-43(28-44)35-105-27-25-56(92)85-59(71(4,5)6)68(102)82-51(29-41-15-19-47(90)20-16-41)63(97)81-54(32-46-34-75-38-78-46)64(98)80-53(31-45-33-77-61-49(45)14-11-26-76-61)65(99)87-72(7,8)69(103)84-50(23-24-57(93)94)62(96)79-52(66(100)88-73)30-42-17-21-48(91)22-18-42/h10,12-13,28,39-42,45-55,58-59,61,75-78,89-91H,11,14-27,29-38H2,1-9H3,(H2,74,95)(H,79,96)(H,80,98)(H,81,97)(H,82,102)(H,83,101)(H,84,103)(H,85,92)(H,86,104)(H,87,99)(H,88,100)(H,93,94)/t40-,41?,42?,45?,46?,47?,48?,49?,50+,51+,52+,53+,54+,55+,58+,59-,61?,73+/m1/s1. The van der Waals surface area contributed by atoms with Gasteiger partial charge in [-0.2, -0.15) is 23.5 Å². The average Bonchev–Trinajstić information content (AvgIpc) is 1.02. The number of aliphatic carboxylic acids is 1. The highest BCUT2D eigenvalue weighted by Gasteiger charge is 2.47. The molecule has 4 heterocycles. The maximum absolute atomic E-state index is 15.3. The van der Waals surface area contributed by atoms with Crippen molar-refractivity contribution in [2.45, 2.75) is 273 Å². The van der Waals surface area contributed by atoms with Crippen molar-refractivity contribution in [1.82, 2.24) is 74.4 Å². The normalized spacial score (nSPS) is 33.1. The lowest BCUT2D eigenvalue weighted by Gasteiger charge is -2.37. The van der Waals surface area contributed by atoms with Crippen LogP contribution in [0.3, 0.4) is 0 Å². The van der Waals surface area contributed by atoms with Crippen LogP contribution in [-0.2, 0) is 69.0 Å². The first kappa shape index (κ1) is 86.5. The van der Waals surface area contributed by atoms with Gasteiger partial charge in [0.15, 0.2) is 0 Å². The molecule has 0 radical (unpaired) electrons. The Kier molecular flexibility index (Phi) is 32.7. The minimum atomic E-state index is -1.92. The summed E-state index contributed by atoms with van der Waals surface area (Å²) in [5, 5.41) is 83.3. The number of hydrogen-bond acceptors (Lipinski definition) is 21. The summed E-state index contributed by atoms with van der Waals surface area (Å²) in [5.74, 6) is -10.4. The zero-order valence-electron chi connectivity index (χ0n) is 63.0. The summed E-state index contributed by atoms with van der Waals surface area (Å²) >= 11 is 2.77. The van der Waals surface area contributed by atoms with E-state index in [1.54, 1.807) is 34.6 Å². The maximum Gasteiger partial charge on any atom is 0.303 e. The van der Waals surface area contributed by atoms with Gasteiger partial charge in [0, 0.05) is 55.1 Å². The predicted molar refractivity (Wildman–Crippen MR) is 400 cm³/mol. The number of carboxylic acids is 1. The van der Waals surface area contributed by atoms with E-state index < -0.39 is 173 Å². The third-order valence-electron chi connectivity index (χ3n) is 21.7. The first-order valence-corrected chi connectivity index (χ1v) is 40.1. The lowest BCUT2D eigenvalue weighted by atomic mass is 9.82. The Morgan fingerprint density at radius 2 is 1.17 bits per heavy atom. The second-order valence-corrected chi connectivity index (χ2v) is 34.2. The third-order valence-corrected chi connectivity index (χ3v) is 23.8. The van der Waals surface area contributed by atoms with Gasteiger partial charge < -0.3 is 101 Å². The minimum absolute atomic E-state index is 0.0157. The smallest absolute Gasteiger partial charge is 0.303 e. The van der Waals surface area contributed by atoms with Crippen LogP contribution in [0.2, 0.25) is 0 Å². The number of nitrogens with two attached hydrogens (primary N) is 1. The van der Waals surface area contributed by atoms with Crippen LogP contribution >= 0.6 is 23.5 Å². The van der Waals surface area contributed by atoms with E-state index in [0.29, 0.717) is 88.4 Å². The quantitative estimate of drug-likeness (QED) is 0.110. The first-order valence-electron chi connectivity index (χ1n) is 37.8. The van der Waals surface area contributed by atoms with Crippen LogP contribution in [0.15, 0.2) is 24.3 Å². The highest BCUT2D eigenvalue weighted by Crippen LogP contribution is 2.34. The number of aliphatic hydroxyl groups excluding tert-OH is 3. The zero-order valence-corrected chi connectivity index (χ0v) is 64.6. The van der Waals surface area contributed by atoms with Crippen LogP contribution in [0.4, 0.5) is 0 Å². The molecule has 106 heavy (non-hydrogen) atoms. The van der Waals surface area contributed by atoms with Crippen molar-refractivity contribution in [2.75, 3.05) is 37.8 Å². The molecule has 31 nitrogen and oxygen atoms in total. The molecule has 5 fully saturated rings. The number of carbonyl (C=O) groups excluding carboxylic acids is 11. The van der Waals surface area contributed by atoms with E-state index >= 15 is 14.4 Å². The number of aliphatic hydroxyl groups is 3. The lowest BCUT2D eigenvalue weighted by Crippen LogP contribution is -2.67.